The van der Waals surface area contributed by atoms with Gasteiger partial charge < -0.3 is 4.74 Å². The van der Waals surface area contributed by atoms with Crippen LogP contribution in [0, 0.1) is 0 Å². The van der Waals surface area contributed by atoms with E-state index in [2.05, 4.69) is 83.1 Å². The number of hydrogen-bond donors (Lipinski definition) is 0. The molecule has 3 heterocycles. The Balaban J connectivity index is 1.56. The van der Waals surface area contributed by atoms with Gasteiger partial charge in [0.2, 0.25) is 0 Å². The molecule has 3 saturated heterocycles. The minimum Gasteiger partial charge on any atom is -0.497 e. The predicted molar refractivity (Wildman–Crippen MR) is 122 cm³/mol. The van der Waals surface area contributed by atoms with Crippen molar-refractivity contribution in [3.05, 3.63) is 29.8 Å². The molecule has 0 aliphatic carbocycles. The van der Waals surface area contributed by atoms with Crippen LogP contribution in [0.1, 0.15) is 31.7 Å². The van der Waals surface area contributed by atoms with E-state index in [0.717, 1.165) is 12.3 Å². The molecule has 3 aliphatic rings. The molecule has 3 aliphatic heterocycles. The van der Waals surface area contributed by atoms with Gasteiger partial charge in [0.05, 0.1) is 15.3 Å². The SMILES string of the molecule is CCC1([C@H]2CC3(CCN2Cc2ccc(OC)cc2)SCCS3)SCCS1. The van der Waals surface area contributed by atoms with Crippen molar-refractivity contribution in [2.45, 2.75) is 46.9 Å². The Bertz CT molecular complexity index is 596. The largest absolute Gasteiger partial charge is 0.497 e. The zero-order chi connectivity index (χ0) is 18.0. The lowest BCUT2D eigenvalue weighted by Crippen LogP contribution is -2.55. The fraction of sp³-hybridized carbons (Fsp3) is 0.700. The standard InChI is InChI=1S/C20H29NOS4/c1-3-20(25-12-13-26-20)18-14-19(23-10-11-24-19)8-9-21(18)15-16-4-6-17(22-2)7-5-16/h4-7,18H,3,8-15H2,1-2H3/t18-/m1/s1. The van der Waals surface area contributed by atoms with Crippen LogP contribution >= 0.6 is 47.0 Å². The molecule has 0 aromatic heterocycles. The predicted octanol–water partition coefficient (Wildman–Crippen LogP) is 5.42. The molecular weight excluding hydrogens is 398 g/mol. The van der Waals surface area contributed by atoms with Gasteiger partial charge in [-0.15, -0.1) is 47.0 Å². The molecule has 144 valence electrons. The minimum atomic E-state index is 0.392. The maximum atomic E-state index is 5.33. The molecule has 2 nitrogen and oxygen atoms in total. The van der Waals surface area contributed by atoms with E-state index < -0.39 is 0 Å². The van der Waals surface area contributed by atoms with Crippen molar-refractivity contribution in [1.82, 2.24) is 4.90 Å². The Kier molecular flexibility index (Phi) is 6.36. The lowest BCUT2D eigenvalue weighted by Gasteiger charge is -2.50. The van der Waals surface area contributed by atoms with E-state index >= 15 is 0 Å². The number of likely N-dealkylation sites (tertiary alicyclic amines) is 1. The number of rotatable bonds is 5. The van der Waals surface area contributed by atoms with Crippen molar-refractivity contribution in [1.29, 1.82) is 0 Å². The zero-order valence-corrected chi connectivity index (χ0v) is 19.0. The quantitative estimate of drug-likeness (QED) is 0.617. The van der Waals surface area contributed by atoms with Gasteiger partial charge in [0.1, 0.15) is 5.75 Å². The number of thioether (sulfide) groups is 4. The van der Waals surface area contributed by atoms with Gasteiger partial charge in [0, 0.05) is 42.1 Å². The normalized spacial score (nSPS) is 27.8. The van der Waals surface area contributed by atoms with E-state index in [1.165, 1.54) is 54.4 Å². The first-order valence-electron chi connectivity index (χ1n) is 9.61. The van der Waals surface area contributed by atoms with E-state index in [4.69, 9.17) is 4.74 Å². The van der Waals surface area contributed by atoms with Gasteiger partial charge in [-0.3, -0.25) is 4.90 Å². The second-order valence-electron chi connectivity index (χ2n) is 7.26. The van der Waals surface area contributed by atoms with Crippen LogP contribution in [0.3, 0.4) is 0 Å². The molecule has 1 aromatic carbocycles. The molecule has 0 unspecified atom stereocenters. The first kappa shape index (κ1) is 19.7. The number of methoxy groups -OCH3 is 1. The topological polar surface area (TPSA) is 12.5 Å². The molecule has 0 amide bonds. The fourth-order valence-electron chi connectivity index (χ4n) is 4.45. The van der Waals surface area contributed by atoms with E-state index in [1.807, 2.05) is 0 Å². The van der Waals surface area contributed by atoms with Crippen LogP contribution in [0.2, 0.25) is 0 Å². The molecule has 0 radical (unpaired) electrons. The summed E-state index contributed by atoms with van der Waals surface area (Å²) in [5.74, 6) is 6.27. The van der Waals surface area contributed by atoms with Crippen LogP contribution in [-0.2, 0) is 6.54 Å². The van der Waals surface area contributed by atoms with Gasteiger partial charge in [0.15, 0.2) is 0 Å². The zero-order valence-electron chi connectivity index (χ0n) is 15.7. The molecule has 4 rings (SSSR count). The average Bonchev–Trinajstić information content (AvgIpc) is 3.34. The maximum absolute atomic E-state index is 5.33. The number of piperidine rings is 1. The summed E-state index contributed by atoms with van der Waals surface area (Å²) >= 11 is 8.99. The third-order valence-corrected chi connectivity index (χ3v) is 13.3. The molecule has 6 heteroatoms. The molecule has 26 heavy (non-hydrogen) atoms. The third kappa shape index (κ3) is 3.91. The van der Waals surface area contributed by atoms with E-state index in [1.54, 1.807) is 7.11 Å². The van der Waals surface area contributed by atoms with Crippen molar-refractivity contribution < 1.29 is 4.74 Å². The van der Waals surface area contributed by atoms with Gasteiger partial charge in [0.25, 0.3) is 0 Å². The van der Waals surface area contributed by atoms with Crippen LogP contribution in [0.15, 0.2) is 24.3 Å². The Labute approximate surface area is 175 Å². The first-order chi connectivity index (χ1) is 12.7. The Hall–Kier alpha value is 0.380. The van der Waals surface area contributed by atoms with Crippen LogP contribution in [0.25, 0.3) is 0 Å². The molecule has 0 N–H and O–H groups in total. The van der Waals surface area contributed by atoms with Crippen molar-refractivity contribution in [3.63, 3.8) is 0 Å². The highest BCUT2D eigenvalue weighted by molar-refractivity contribution is 8.22. The summed E-state index contributed by atoms with van der Waals surface area (Å²) in [5, 5.41) is 0. The minimum absolute atomic E-state index is 0.392. The summed E-state index contributed by atoms with van der Waals surface area (Å²) in [4.78, 5) is 2.81. The van der Waals surface area contributed by atoms with Gasteiger partial charge in [-0.05, 0) is 37.0 Å². The highest BCUT2D eigenvalue weighted by Gasteiger charge is 2.52. The monoisotopic (exact) mass is 427 g/mol. The smallest absolute Gasteiger partial charge is 0.118 e. The molecule has 3 fully saturated rings. The summed E-state index contributed by atoms with van der Waals surface area (Å²) in [6, 6.07) is 9.37. The molecule has 1 aromatic rings. The number of benzene rings is 1. The van der Waals surface area contributed by atoms with E-state index in [0.29, 0.717) is 14.2 Å². The van der Waals surface area contributed by atoms with Crippen LogP contribution in [-0.4, -0.2) is 55.8 Å². The Morgan fingerprint density at radius 1 is 1.04 bits per heavy atom. The lowest BCUT2D eigenvalue weighted by molar-refractivity contribution is 0.126. The van der Waals surface area contributed by atoms with Crippen molar-refractivity contribution >= 4 is 47.0 Å². The van der Waals surface area contributed by atoms with Crippen LogP contribution in [0.5, 0.6) is 5.75 Å². The second-order valence-corrected chi connectivity index (χ2v) is 13.6. The van der Waals surface area contributed by atoms with Crippen molar-refractivity contribution in [2.75, 3.05) is 36.7 Å². The number of hydrogen-bond acceptors (Lipinski definition) is 6. The highest BCUT2D eigenvalue weighted by atomic mass is 32.2. The second kappa shape index (κ2) is 8.40. The number of ether oxygens (including phenoxy) is 1. The Morgan fingerprint density at radius 3 is 2.31 bits per heavy atom. The highest BCUT2D eigenvalue weighted by Crippen LogP contribution is 2.59. The molecule has 0 bridgehead atoms. The lowest BCUT2D eigenvalue weighted by atomic mass is 9.95. The van der Waals surface area contributed by atoms with Gasteiger partial charge in [-0.25, -0.2) is 0 Å². The summed E-state index contributed by atoms with van der Waals surface area (Å²) in [6.45, 7) is 4.72. The van der Waals surface area contributed by atoms with Crippen LogP contribution < -0.4 is 4.74 Å². The van der Waals surface area contributed by atoms with E-state index in [-0.39, 0.29) is 0 Å². The summed E-state index contributed by atoms with van der Waals surface area (Å²) in [7, 11) is 1.74. The molecular formula is C20H29NOS4. The van der Waals surface area contributed by atoms with Crippen LogP contribution in [0.4, 0.5) is 0 Å². The summed E-state index contributed by atoms with van der Waals surface area (Å²) in [6.07, 6.45) is 3.97. The first-order valence-corrected chi connectivity index (χ1v) is 13.6. The van der Waals surface area contributed by atoms with Gasteiger partial charge >= 0.3 is 0 Å². The van der Waals surface area contributed by atoms with Crippen molar-refractivity contribution in [3.8, 4) is 5.75 Å². The Morgan fingerprint density at radius 2 is 1.69 bits per heavy atom. The fourth-order valence-corrected chi connectivity index (χ4v) is 11.2. The molecule has 1 atom stereocenters. The summed E-state index contributed by atoms with van der Waals surface area (Å²) in [5.41, 5.74) is 1.41. The van der Waals surface area contributed by atoms with Gasteiger partial charge in [-0.1, -0.05) is 19.1 Å². The molecule has 1 spiro atoms. The molecule has 0 saturated carbocycles. The maximum Gasteiger partial charge on any atom is 0.118 e. The summed E-state index contributed by atoms with van der Waals surface area (Å²) < 4.78 is 6.22. The van der Waals surface area contributed by atoms with Crippen molar-refractivity contribution in [2.24, 2.45) is 0 Å². The van der Waals surface area contributed by atoms with E-state index in [9.17, 15) is 0 Å². The van der Waals surface area contributed by atoms with Gasteiger partial charge in [-0.2, -0.15) is 0 Å². The third-order valence-electron chi connectivity index (χ3n) is 5.86. The number of nitrogens with zero attached hydrogens (tertiary/aromatic N) is 1. The average molecular weight is 428 g/mol.